The molecule has 18 heteroatoms. The van der Waals surface area contributed by atoms with Crippen molar-refractivity contribution in [2.24, 2.45) is 0 Å². The van der Waals surface area contributed by atoms with Gasteiger partial charge in [-0.2, -0.15) is 13.4 Å². The van der Waals surface area contributed by atoms with Gasteiger partial charge < -0.3 is 25.9 Å². The van der Waals surface area contributed by atoms with Crippen LogP contribution in [0.2, 0.25) is 0 Å². The van der Waals surface area contributed by atoms with Gasteiger partial charge in [0, 0.05) is 165 Å². The largest absolute Gasteiger partial charge is 1.00 e. The SMILES string of the molecule is Cc1cc(N)n[nH]1.Cc1cc(N)nn1-c1ccc(OC(F)(F)F)cc1.Cc1ccc(I)cc1.O=[C-]OOI.[Cs].[Cs].[Cu+]. The Hall–Kier alpha value is 1.56. The monoisotopic (exact) mass is 1090 g/mol. The van der Waals surface area contributed by atoms with Crippen molar-refractivity contribution in [3.63, 3.8) is 0 Å². The van der Waals surface area contributed by atoms with Crippen LogP contribution >= 0.6 is 45.6 Å². The zero-order chi connectivity index (χ0) is 28.7. The molecule has 0 spiro atoms. The van der Waals surface area contributed by atoms with Crippen LogP contribution in [0.1, 0.15) is 17.0 Å². The molecule has 0 aliphatic heterocycles. The summed E-state index contributed by atoms with van der Waals surface area (Å²) in [7, 11) is 0. The molecule has 0 atom stereocenters. The van der Waals surface area contributed by atoms with Gasteiger partial charge in [-0.3, -0.25) is 5.10 Å². The molecule has 4 rings (SSSR count). The molecule has 0 saturated carbocycles. The summed E-state index contributed by atoms with van der Waals surface area (Å²) in [6.07, 6.45) is -4.69. The summed E-state index contributed by atoms with van der Waals surface area (Å²) in [5.74, 6) is 0.629. The fraction of sp³-hybridized carbons (Fsp3) is 0.174. The molecule has 218 valence electrons. The first-order valence-corrected chi connectivity index (χ1v) is 12.3. The van der Waals surface area contributed by atoms with Crippen LogP contribution < -0.4 is 16.2 Å². The van der Waals surface area contributed by atoms with Crippen LogP contribution in [0.5, 0.6) is 5.75 Å². The van der Waals surface area contributed by atoms with Gasteiger partial charge in [-0.25, -0.2) is 4.68 Å². The second kappa shape index (κ2) is 25.7. The van der Waals surface area contributed by atoms with E-state index >= 15 is 0 Å². The number of carbonyl (C=O) groups excluding carboxylic acids is 1. The van der Waals surface area contributed by atoms with Crippen LogP contribution in [-0.4, -0.2) is 171 Å². The number of aromatic nitrogens is 4. The number of nitrogens with one attached hydrogen (secondary N) is 1. The van der Waals surface area contributed by atoms with Crippen molar-refractivity contribution in [3.8, 4) is 11.4 Å². The number of aryl methyl sites for hydroxylation is 3. The summed E-state index contributed by atoms with van der Waals surface area (Å²) in [4.78, 5) is 12.4. The van der Waals surface area contributed by atoms with E-state index in [2.05, 4.69) is 81.9 Å². The molecule has 0 fully saturated rings. The van der Waals surface area contributed by atoms with E-state index in [4.69, 9.17) is 16.3 Å². The molecule has 0 bridgehead atoms. The Labute approximate surface area is 391 Å². The minimum absolute atomic E-state index is 0. The maximum atomic E-state index is 12.0. The van der Waals surface area contributed by atoms with Crippen molar-refractivity contribution in [2.45, 2.75) is 27.1 Å². The number of benzene rings is 2. The second-order valence-corrected chi connectivity index (χ2v) is 8.77. The van der Waals surface area contributed by atoms with Gasteiger partial charge in [0.1, 0.15) is 17.4 Å². The first kappa shape index (κ1) is 47.0. The van der Waals surface area contributed by atoms with Gasteiger partial charge in [0.2, 0.25) is 0 Å². The Morgan fingerprint density at radius 1 is 0.951 bits per heavy atom. The maximum Gasteiger partial charge on any atom is 1.00 e. The van der Waals surface area contributed by atoms with E-state index in [-0.39, 0.29) is 161 Å². The molecule has 2 radical (unpaired) electrons. The number of alkyl halides is 3. The molecule has 10 nitrogen and oxygen atoms in total. The summed E-state index contributed by atoms with van der Waals surface area (Å²) in [6.45, 7) is 6.83. The Morgan fingerprint density at radius 2 is 1.51 bits per heavy atom. The molecule has 2 aromatic carbocycles. The van der Waals surface area contributed by atoms with Crippen molar-refractivity contribution in [3.05, 3.63) is 81.2 Å². The number of rotatable bonds is 4. The summed E-state index contributed by atoms with van der Waals surface area (Å²) in [5, 5.41) is 10.4. The minimum Gasteiger partial charge on any atom is -0.498 e. The number of aromatic amines is 1. The van der Waals surface area contributed by atoms with Crippen molar-refractivity contribution in [2.75, 3.05) is 11.5 Å². The first-order valence-electron chi connectivity index (χ1n) is 10.3. The van der Waals surface area contributed by atoms with Crippen molar-refractivity contribution < 1.29 is 47.9 Å². The molecule has 2 aromatic heterocycles. The summed E-state index contributed by atoms with van der Waals surface area (Å²) >= 11 is 3.70. The van der Waals surface area contributed by atoms with Crippen LogP contribution in [0.3, 0.4) is 0 Å². The van der Waals surface area contributed by atoms with E-state index in [0.717, 1.165) is 17.9 Å². The third-order valence-electron chi connectivity index (χ3n) is 4.02. The number of hydrogen-bond acceptors (Lipinski definition) is 8. The number of halogens is 5. The van der Waals surface area contributed by atoms with Gasteiger partial charge in [-0.1, -0.05) is 17.7 Å². The average molecular weight is 1090 g/mol. The molecule has 5 N–H and O–H groups in total. The summed E-state index contributed by atoms with van der Waals surface area (Å²) in [5.41, 5.74) is 14.5. The number of hydrogen-bond donors (Lipinski definition) is 3. The van der Waals surface area contributed by atoms with Gasteiger partial charge in [0.15, 0.2) is 23.0 Å². The molecule has 0 aliphatic rings. The Balaban J connectivity index is -0.000000526. The van der Waals surface area contributed by atoms with E-state index in [0.29, 0.717) is 17.3 Å². The maximum absolute atomic E-state index is 12.0. The quantitative estimate of drug-likeness (QED) is 0.0839. The number of nitrogens with zero attached hydrogens (tertiary/aromatic N) is 3. The molecular formula is C23H24Cs2CuF3I2N6O4. The second-order valence-electron chi connectivity index (χ2n) is 7.17. The van der Waals surface area contributed by atoms with Gasteiger partial charge in [0.25, 0.3) is 0 Å². The molecule has 0 saturated heterocycles. The van der Waals surface area contributed by atoms with Gasteiger partial charge in [-0.05, 0) is 86.2 Å². The van der Waals surface area contributed by atoms with Crippen LogP contribution in [0.25, 0.3) is 5.69 Å². The van der Waals surface area contributed by atoms with Crippen molar-refractivity contribution in [1.82, 2.24) is 20.0 Å². The van der Waals surface area contributed by atoms with Crippen LogP contribution in [-0.2, 0) is 30.0 Å². The van der Waals surface area contributed by atoms with E-state index in [9.17, 15) is 13.2 Å². The zero-order valence-electron chi connectivity index (χ0n) is 22.6. The smallest absolute Gasteiger partial charge is 0.498 e. The molecular weight excluding hydrogens is 1060 g/mol. The fourth-order valence-electron chi connectivity index (χ4n) is 2.53. The molecule has 0 amide bonds. The number of H-pyrrole nitrogens is 1. The predicted molar refractivity (Wildman–Crippen MR) is 164 cm³/mol. The fourth-order valence-corrected chi connectivity index (χ4v) is 2.97. The van der Waals surface area contributed by atoms with E-state index < -0.39 is 6.36 Å². The first-order chi connectivity index (χ1) is 17.8. The summed E-state index contributed by atoms with van der Waals surface area (Å²) in [6, 6.07) is 17.3. The molecule has 4 aromatic rings. The third-order valence-corrected chi connectivity index (χ3v) is 4.92. The van der Waals surface area contributed by atoms with Gasteiger partial charge >= 0.3 is 23.4 Å². The number of nitrogens with two attached hydrogens (primary N) is 2. The molecule has 2 heterocycles. The Morgan fingerprint density at radius 3 is 1.80 bits per heavy atom. The van der Waals surface area contributed by atoms with Crippen LogP contribution in [0.4, 0.5) is 24.8 Å². The van der Waals surface area contributed by atoms with Gasteiger partial charge in [-0.15, -0.1) is 13.2 Å². The minimum atomic E-state index is -4.69. The Bertz CT molecular complexity index is 1210. The van der Waals surface area contributed by atoms with Crippen LogP contribution in [0.15, 0.2) is 60.7 Å². The van der Waals surface area contributed by atoms with E-state index in [1.165, 1.54) is 61.1 Å². The number of ether oxygens (including phenoxy) is 1. The van der Waals surface area contributed by atoms with Gasteiger partial charge in [0.05, 0.1) is 5.69 Å². The number of nitrogen functional groups attached to an aromatic ring is 2. The normalized spacial score (nSPS) is 9.27. The molecule has 0 unspecified atom stereocenters. The van der Waals surface area contributed by atoms with Crippen molar-refractivity contribution in [1.29, 1.82) is 0 Å². The number of anilines is 2. The molecule has 0 aliphatic carbocycles. The Kier molecular flexibility index (Phi) is 29.5. The zero-order valence-corrected chi connectivity index (χ0v) is 40.4. The predicted octanol–water partition coefficient (Wildman–Crippen LogP) is 5.15. The topological polar surface area (TPSA) is 143 Å². The van der Waals surface area contributed by atoms with E-state index in [1.807, 2.05) is 6.92 Å². The van der Waals surface area contributed by atoms with E-state index in [1.54, 1.807) is 19.1 Å². The average Bonchev–Trinajstić information content (AvgIpc) is 3.39. The standard InChI is InChI=1S/C11H10F3N3O.C7H7I.C4H7N3.CIO3.2Cs.Cu/c1-7-6-10(15)16-17(7)8-2-4-9(5-3-8)18-11(12,13)14;1-6-2-4-7(8)5-3-6;1-3-2-4(5)7-6-3;2-5-4-1-3;;;/h2-6H,1H3,(H2,15,16);2-5H,1H3;2H,1H3,(H3,5,6,7);;;;/q;;;-1;;;+1. The summed E-state index contributed by atoms with van der Waals surface area (Å²) < 4.78 is 46.3. The molecule has 41 heavy (non-hydrogen) atoms. The third kappa shape index (κ3) is 22.7. The van der Waals surface area contributed by atoms with Crippen LogP contribution in [0, 0.1) is 24.3 Å². The van der Waals surface area contributed by atoms with Crippen molar-refractivity contribution >= 4 is 201 Å².